The minimum Gasteiger partial charge on any atom is -0.377 e. The summed E-state index contributed by atoms with van der Waals surface area (Å²) in [6.45, 7) is 2.86. The zero-order valence-electron chi connectivity index (χ0n) is 9.23. The molecule has 15 heavy (non-hydrogen) atoms. The largest absolute Gasteiger partial charge is 0.377 e. The van der Waals surface area contributed by atoms with Gasteiger partial charge in [-0.3, -0.25) is 4.90 Å². The Morgan fingerprint density at radius 3 is 3.00 bits per heavy atom. The zero-order valence-corrected chi connectivity index (χ0v) is 9.23. The quantitative estimate of drug-likeness (QED) is 0.673. The van der Waals surface area contributed by atoms with Crippen molar-refractivity contribution in [2.75, 3.05) is 20.7 Å². The minimum atomic E-state index is 0.0131. The summed E-state index contributed by atoms with van der Waals surface area (Å²) in [7, 11) is 3.49. The number of nitrogens with zero attached hydrogens (tertiary/aromatic N) is 3. The number of hydrogen-bond acceptors (Lipinski definition) is 5. The molecule has 5 heteroatoms. The number of methoxy groups -OCH3 is 1. The van der Waals surface area contributed by atoms with E-state index in [1.54, 1.807) is 7.11 Å². The molecule has 0 saturated carbocycles. The summed E-state index contributed by atoms with van der Waals surface area (Å²) in [5.74, 6) is 3.67. The van der Waals surface area contributed by atoms with Gasteiger partial charge in [0.25, 0.3) is 0 Å². The summed E-state index contributed by atoms with van der Waals surface area (Å²) in [6, 6.07) is 0.0131. The fourth-order valence-electron chi connectivity index (χ4n) is 1.09. The van der Waals surface area contributed by atoms with Gasteiger partial charge in [-0.25, -0.2) is 0 Å². The van der Waals surface area contributed by atoms with Crippen LogP contribution >= 0.6 is 0 Å². The monoisotopic (exact) mass is 209 g/mol. The molecule has 0 amide bonds. The van der Waals surface area contributed by atoms with E-state index < -0.39 is 0 Å². The van der Waals surface area contributed by atoms with Crippen molar-refractivity contribution in [2.45, 2.75) is 19.6 Å². The van der Waals surface area contributed by atoms with Gasteiger partial charge in [-0.05, 0) is 14.0 Å². The molecule has 0 fully saturated rings. The molecule has 1 heterocycles. The van der Waals surface area contributed by atoms with Gasteiger partial charge in [-0.2, -0.15) is 4.98 Å². The second-order valence-electron chi connectivity index (χ2n) is 3.28. The molecule has 0 unspecified atom stereocenters. The number of terminal acetylenes is 1. The maximum atomic E-state index is 5.22. The van der Waals surface area contributed by atoms with E-state index in [0.717, 1.165) is 0 Å². The van der Waals surface area contributed by atoms with Gasteiger partial charge in [0, 0.05) is 7.11 Å². The van der Waals surface area contributed by atoms with Gasteiger partial charge in [0.15, 0.2) is 5.82 Å². The average molecular weight is 209 g/mol. The summed E-state index contributed by atoms with van der Waals surface area (Å²) in [5.41, 5.74) is 0. The van der Waals surface area contributed by atoms with Gasteiger partial charge in [0.1, 0.15) is 6.61 Å². The second-order valence-corrected chi connectivity index (χ2v) is 3.28. The lowest BCUT2D eigenvalue weighted by Crippen LogP contribution is -2.22. The molecule has 0 bridgehead atoms. The summed E-state index contributed by atoms with van der Waals surface area (Å²) < 4.78 is 9.99. The Kier molecular flexibility index (Phi) is 4.28. The predicted molar refractivity (Wildman–Crippen MR) is 54.9 cm³/mol. The molecule has 1 rings (SSSR count). The Morgan fingerprint density at radius 1 is 1.67 bits per heavy atom. The van der Waals surface area contributed by atoms with E-state index in [-0.39, 0.29) is 6.04 Å². The van der Waals surface area contributed by atoms with E-state index in [9.17, 15) is 0 Å². The van der Waals surface area contributed by atoms with E-state index >= 15 is 0 Å². The first kappa shape index (κ1) is 11.7. The van der Waals surface area contributed by atoms with Gasteiger partial charge < -0.3 is 9.26 Å². The first-order valence-electron chi connectivity index (χ1n) is 4.64. The highest BCUT2D eigenvalue weighted by Crippen LogP contribution is 2.15. The first-order chi connectivity index (χ1) is 7.19. The smallest absolute Gasteiger partial charge is 0.243 e. The van der Waals surface area contributed by atoms with Crippen molar-refractivity contribution in [3.63, 3.8) is 0 Å². The number of aromatic nitrogens is 2. The van der Waals surface area contributed by atoms with Gasteiger partial charge >= 0.3 is 0 Å². The highest BCUT2D eigenvalue weighted by atomic mass is 16.5. The van der Waals surface area contributed by atoms with Crippen LogP contribution in [0.2, 0.25) is 0 Å². The molecular formula is C10H15N3O2. The molecule has 0 aromatic carbocycles. The van der Waals surface area contributed by atoms with Crippen LogP contribution in [0.25, 0.3) is 0 Å². The molecule has 1 aromatic rings. The lowest BCUT2D eigenvalue weighted by atomic mass is 10.3. The van der Waals surface area contributed by atoms with Crippen LogP contribution in [0.4, 0.5) is 0 Å². The second kappa shape index (κ2) is 5.49. The van der Waals surface area contributed by atoms with E-state index in [2.05, 4.69) is 16.1 Å². The molecule has 0 aliphatic rings. The van der Waals surface area contributed by atoms with Crippen molar-refractivity contribution < 1.29 is 9.26 Å². The normalized spacial score (nSPS) is 12.7. The van der Waals surface area contributed by atoms with Crippen molar-refractivity contribution in [2.24, 2.45) is 0 Å². The Morgan fingerprint density at radius 2 is 2.40 bits per heavy atom. The molecule has 82 valence electrons. The van der Waals surface area contributed by atoms with Gasteiger partial charge in [0.05, 0.1) is 12.6 Å². The Balaban J connectivity index is 2.65. The first-order valence-corrected chi connectivity index (χ1v) is 4.64. The van der Waals surface area contributed by atoms with Crippen LogP contribution in [-0.2, 0) is 11.3 Å². The third kappa shape index (κ3) is 3.05. The van der Waals surface area contributed by atoms with Crippen LogP contribution < -0.4 is 0 Å². The fourth-order valence-corrected chi connectivity index (χ4v) is 1.09. The maximum Gasteiger partial charge on any atom is 0.243 e. The van der Waals surface area contributed by atoms with Crippen molar-refractivity contribution >= 4 is 0 Å². The third-order valence-electron chi connectivity index (χ3n) is 2.12. The van der Waals surface area contributed by atoms with Gasteiger partial charge in [-0.1, -0.05) is 11.1 Å². The van der Waals surface area contributed by atoms with Crippen LogP contribution in [0.3, 0.4) is 0 Å². The fraction of sp³-hybridized carbons (Fsp3) is 0.600. The summed E-state index contributed by atoms with van der Waals surface area (Å²) in [5, 5.41) is 3.78. The Labute approximate surface area is 89.4 Å². The van der Waals surface area contributed by atoms with Gasteiger partial charge in [-0.15, -0.1) is 6.42 Å². The average Bonchev–Trinajstić information content (AvgIpc) is 2.66. The van der Waals surface area contributed by atoms with E-state index in [4.69, 9.17) is 15.7 Å². The van der Waals surface area contributed by atoms with Crippen LogP contribution in [0.15, 0.2) is 4.52 Å². The van der Waals surface area contributed by atoms with Crippen LogP contribution in [-0.4, -0.2) is 35.7 Å². The van der Waals surface area contributed by atoms with Crippen molar-refractivity contribution in [3.8, 4) is 12.3 Å². The Bertz CT molecular complexity index is 343. The van der Waals surface area contributed by atoms with Gasteiger partial charge in [0.2, 0.25) is 5.89 Å². The molecule has 0 aliphatic carbocycles. The van der Waals surface area contributed by atoms with Crippen molar-refractivity contribution in [1.29, 1.82) is 0 Å². The molecule has 0 spiro atoms. The predicted octanol–water partition coefficient (Wildman–Crippen LogP) is 0.842. The molecule has 0 saturated heterocycles. The SMILES string of the molecule is C#CCN(C)[C@@H](C)c1nc(COC)no1. The lowest BCUT2D eigenvalue weighted by Gasteiger charge is -2.18. The van der Waals surface area contributed by atoms with E-state index in [1.165, 1.54) is 0 Å². The molecule has 1 aromatic heterocycles. The third-order valence-corrected chi connectivity index (χ3v) is 2.12. The Hall–Kier alpha value is -1.38. The van der Waals surface area contributed by atoms with E-state index in [1.807, 2.05) is 18.9 Å². The zero-order chi connectivity index (χ0) is 11.3. The highest BCUT2D eigenvalue weighted by molar-refractivity contribution is 4.95. The minimum absolute atomic E-state index is 0.0131. The van der Waals surface area contributed by atoms with E-state index in [0.29, 0.717) is 24.9 Å². The maximum absolute atomic E-state index is 5.22. The highest BCUT2D eigenvalue weighted by Gasteiger charge is 2.17. The number of rotatable bonds is 5. The topological polar surface area (TPSA) is 51.4 Å². The number of hydrogen-bond donors (Lipinski definition) is 0. The van der Waals surface area contributed by atoms with Crippen LogP contribution in [0.5, 0.6) is 0 Å². The summed E-state index contributed by atoms with van der Waals surface area (Å²) in [4.78, 5) is 6.14. The number of ether oxygens (including phenoxy) is 1. The van der Waals surface area contributed by atoms with Crippen molar-refractivity contribution in [1.82, 2.24) is 15.0 Å². The van der Waals surface area contributed by atoms with Crippen molar-refractivity contribution in [3.05, 3.63) is 11.7 Å². The lowest BCUT2D eigenvalue weighted by molar-refractivity contribution is 0.174. The molecule has 5 nitrogen and oxygen atoms in total. The molecule has 0 N–H and O–H groups in total. The van der Waals surface area contributed by atoms with Crippen LogP contribution in [0, 0.1) is 12.3 Å². The summed E-state index contributed by atoms with van der Waals surface area (Å²) in [6.07, 6.45) is 5.22. The molecule has 0 radical (unpaired) electrons. The molecule has 1 atom stereocenters. The molecular weight excluding hydrogens is 194 g/mol. The molecule has 0 aliphatic heterocycles. The summed E-state index contributed by atoms with van der Waals surface area (Å²) >= 11 is 0. The standard InChI is InChI=1S/C10H15N3O2/c1-5-6-13(3)8(2)10-11-9(7-14-4)12-15-10/h1,8H,6-7H2,2-4H3/t8-/m0/s1. The van der Waals surface area contributed by atoms with Crippen LogP contribution in [0.1, 0.15) is 24.7 Å².